The molecule has 21 heavy (non-hydrogen) atoms. The molecule has 114 valence electrons. The van der Waals surface area contributed by atoms with Crippen LogP contribution in [0.5, 0.6) is 0 Å². The van der Waals surface area contributed by atoms with Gasteiger partial charge in [-0.1, -0.05) is 31.2 Å². The summed E-state index contributed by atoms with van der Waals surface area (Å²) in [6.07, 6.45) is 4.85. The van der Waals surface area contributed by atoms with E-state index in [0.717, 1.165) is 10.9 Å². The summed E-state index contributed by atoms with van der Waals surface area (Å²) in [5.74, 6) is -0.766. The van der Waals surface area contributed by atoms with Crippen molar-refractivity contribution in [1.29, 1.82) is 0 Å². The van der Waals surface area contributed by atoms with Crippen LogP contribution in [0.3, 0.4) is 0 Å². The molecule has 0 saturated heterocycles. The van der Waals surface area contributed by atoms with E-state index in [-0.39, 0.29) is 0 Å². The van der Waals surface area contributed by atoms with Crippen molar-refractivity contribution in [2.75, 3.05) is 0 Å². The van der Waals surface area contributed by atoms with Crippen LogP contribution in [0.2, 0.25) is 0 Å². The van der Waals surface area contributed by atoms with Gasteiger partial charge in [-0.15, -0.1) is 0 Å². The molecule has 0 saturated carbocycles. The molecule has 1 N–H and O–H groups in total. The van der Waals surface area contributed by atoms with Crippen molar-refractivity contribution >= 4 is 5.91 Å². The third kappa shape index (κ3) is 3.17. The second kappa shape index (κ2) is 5.38. The van der Waals surface area contributed by atoms with Gasteiger partial charge in [0, 0.05) is 13.2 Å². The Balaban J connectivity index is 2.29. The molecule has 1 aliphatic carbocycles. The summed E-state index contributed by atoms with van der Waals surface area (Å²) in [5.41, 5.74) is -2.27. The van der Waals surface area contributed by atoms with Crippen molar-refractivity contribution in [3.63, 3.8) is 0 Å². The maximum absolute atomic E-state index is 12.9. The molecule has 1 amide bonds. The molecule has 1 heterocycles. The van der Waals surface area contributed by atoms with Crippen molar-refractivity contribution in [3.8, 4) is 0 Å². The standard InChI is InChI=1S/C14H16F3N3O/c1-3-13(7-5-4-6-8-13)18-12(21)10-9-20(2)19-11(10)14(15,16)17/h4-7,9H,3,8H2,1-2H3,(H,18,21)/t13-/m1/s1. The van der Waals surface area contributed by atoms with Gasteiger partial charge in [0.15, 0.2) is 5.69 Å². The Kier molecular flexibility index (Phi) is 3.93. The third-order valence-corrected chi connectivity index (χ3v) is 3.48. The molecule has 0 radical (unpaired) electrons. The molecule has 1 aromatic rings. The number of alkyl halides is 3. The van der Waals surface area contributed by atoms with Crippen molar-refractivity contribution in [3.05, 3.63) is 41.8 Å². The average molecular weight is 299 g/mol. The Morgan fingerprint density at radius 1 is 1.48 bits per heavy atom. The van der Waals surface area contributed by atoms with Gasteiger partial charge in [-0.05, 0) is 12.8 Å². The summed E-state index contributed by atoms with van der Waals surface area (Å²) in [6.45, 7) is 1.87. The van der Waals surface area contributed by atoms with Gasteiger partial charge in [-0.25, -0.2) is 0 Å². The van der Waals surface area contributed by atoms with Crippen molar-refractivity contribution in [1.82, 2.24) is 15.1 Å². The number of amides is 1. The van der Waals surface area contributed by atoms with E-state index in [4.69, 9.17) is 0 Å². The molecular formula is C14H16F3N3O. The highest BCUT2D eigenvalue weighted by atomic mass is 19.4. The first-order chi connectivity index (χ1) is 9.77. The minimum absolute atomic E-state index is 0.458. The normalized spacial score (nSPS) is 21.6. The van der Waals surface area contributed by atoms with Crippen LogP contribution in [-0.4, -0.2) is 21.2 Å². The SMILES string of the molecule is CC[C@@]1(NC(=O)c2cn(C)nc2C(F)(F)F)C=CC=CC1. The Hall–Kier alpha value is -2.05. The number of rotatable bonds is 3. The van der Waals surface area contributed by atoms with Gasteiger partial charge in [0.2, 0.25) is 0 Å². The van der Waals surface area contributed by atoms with E-state index >= 15 is 0 Å². The first kappa shape index (κ1) is 15.3. The number of carbonyl (C=O) groups is 1. The average Bonchev–Trinajstić information content (AvgIpc) is 2.82. The van der Waals surface area contributed by atoms with Gasteiger partial charge in [-0.3, -0.25) is 9.48 Å². The minimum atomic E-state index is -4.66. The third-order valence-electron chi connectivity index (χ3n) is 3.48. The van der Waals surface area contributed by atoms with Gasteiger partial charge < -0.3 is 5.32 Å². The molecule has 0 bridgehead atoms. The van der Waals surface area contributed by atoms with Crippen molar-refractivity contribution in [2.45, 2.75) is 31.5 Å². The molecule has 1 aliphatic rings. The Labute approximate surface area is 120 Å². The van der Waals surface area contributed by atoms with Crippen molar-refractivity contribution in [2.24, 2.45) is 7.05 Å². The first-order valence-electron chi connectivity index (χ1n) is 6.55. The van der Waals surface area contributed by atoms with Gasteiger partial charge in [0.25, 0.3) is 5.91 Å². The van der Waals surface area contributed by atoms with E-state index in [1.807, 2.05) is 19.1 Å². The molecule has 1 atom stereocenters. The number of hydrogen-bond acceptors (Lipinski definition) is 2. The van der Waals surface area contributed by atoms with E-state index in [1.165, 1.54) is 7.05 Å². The largest absolute Gasteiger partial charge is 0.435 e. The zero-order chi connectivity index (χ0) is 15.7. The highest BCUT2D eigenvalue weighted by molar-refractivity contribution is 5.96. The van der Waals surface area contributed by atoms with E-state index in [2.05, 4.69) is 10.4 Å². The number of aryl methyl sites for hydroxylation is 1. The zero-order valence-electron chi connectivity index (χ0n) is 11.7. The Morgan fingerprint density at radius 3 is 2.71 bits per heavy atom. The molecule has 1 aromatic heterocycles. The smallest absolute Gasteiger partial charge is 0.343 e. The van der Waals surface area contributed by atoms with Gasteiger partial charge >= 0.3 is 6.18 Å². The molecule has 0 aliphatic heterocycles. The summed E-state index contributed by atoms with van der Waals surface area (Å²) in [7, 11) is 1.35. The summed E-state index contributed by atoms with van der Waals surface area (Å²) in [6, 6.07) is 0. The summed E-state index contributed by atoms with van der Waals surface area (Å²) >= 11 is 0. The maximum Gasteiger partial charge on any atom is 0.435 e. The van der Waals surface area contributed by atoms with Gasteiger partial charge in [-0.2, -0.15) is 18.3 Å². The molecule has 7 heteroatoms. The second-order valence-corrected chi connectivity index (χ2v) is 5.02. The van der Waals surface area contributed by atoms with Crippen LogP contribution in [0, 0.1) is 0 Å². The molecule has 4 nitrogen and oxygen atoms in total. The number of allylic oxidation sites excluding steroid dienone is 2. The molecule has 0 unspecified atom stereocenters. The molecular weight excluding hydrogens is 283 g/mol. The monoisotopic (exact) mass is 299 g/mol. The highest BCUT2D eigenvalue weighted by Crippen LogP contribution is 2.31. The lowest BCUT2D eigenvalue weighted by Crippen LogP contribution is -2.47. The fraction of sp³-hybridized carbons (Fsp3) is 0.429. The number of hydrogen-bond donors (Lipinski definition) is 1. The zero-order valence-corrected chi connectivity index (χ0v) is 11.7. The van der Waals surface area contributed by atoms with Crippen LogP contribution < -0.4 is 5.32 Å². The van der Waals surface area contributed by atoms with E-state index < -0.39 is 28.9 Å². The number of aromatic nitrogens is 2. The summed E-state index contributed by atoms with van der Waals surface area (Å²) in [4.78, 5) is 12.2. The number of nitrogens with one attached hydrogen (secondary N) is 1. The van der Waals surface area contributed by atoms with Crippen LogP contribution in [0.4, 0.5) is 13.2 Å². The summed E-state index contributed by atoms with van der Waals surface area (Å²) in [5, 5.41) is 6.04. The Bertz CT molecular complexity index is 601. The van der Waals surface area contributed by atoms with Crippen LogP contribution >= 0.6 is 0 Å². The fourth-order valence-corrected chi connectivity index (χ4v) is 2.27. The lowest BCUT2D eigenvalue weighted by molar-refractivity contribution is -0.141. The van der Waals surface area contributed by atoms with E-state index in [1.54, 1.807) is 12.2 Å². The van der Waals surface area contributed by atoms with E-state index in [9.17, 15) is 18.0 Å². The van der Waals surface area contributed by atoms with Crippen LogP contribution in [0.25, 0.3) is 0 Å². The quantitative estimate of drug-likeness (QED) is 0.933. The first-order valence-corrected chi connectivity index (χ1v) is 6.55. The Morgan fingerprint density at radius 2 is 2.19 bits per heavy atom. The number of nitrogens with zero attached hydrogens (tertiary/aromatic N) is 2. The second-order valence-electron chi connectivity index (χ2n) is 5.02. The number of carbonyl (C=O) groups excluding carboxylic acids is 1. The lowest BCUT2D eigenvalue weighted by Gasteiger charge is -2.31. The summed E-state index contributed by atoms with van der Waals surface area (Å²) < 4.78 is 39.7. The fourth-order valence-electron chi connectivity index (χ4n) is 2.27. The molecule has 0 spiro atoms. The minimum Gasteiger partial charge on any atom is -0.343 e. The van der Waals surface area contributed by atoms with Crippen LogP contribution in [0.15, 0.2) is 30.5 Å². The van der Waals surface area contributed by atoms with Crippen molar-refractivity contribution < 1.29 is 18.0 Å². The predicted molar refractivity (Wildman–Crippen MR) is 71.6 cm³/mol. The van der Waals surface area contributed by atoms with Crippen LogP contribution in [0.1, 0.15) is 35.8 Å². The maximum atomic E-state index is 12.9. The lowest BCUT2D eigenvalue weighted by atomic mass is 9.88. The van der Waals surface area contributed by atoms with Gasteiger partial charge in [0.05, 0.1) is 11.1 Å². The van der Waals surface area contributed by atoms with Crippen LogP contribution in [-0.2, 0) is 13.2 Å². The van der Waals surface area contributed by atoms with E-state index in [0.29, 0.717) is 12.8 Å². The topological polar surface area (TPSA) is 46.9 Å². The molecule has 0 fully saturated rings. The molecule has 0 aromatic carbocycles. The molecule has 2 rings (SSSR count). The predicted octanol–water partition coefficient (Wildman–Crippen LogP) is 2.83. The highest BCUT2D eigenvalue weighted by Gasteiger charge is 2.40. The number of halogens is 3. The van der Waals surface area contributed by atoms with Gasteiger partial charge in [0.1, 0.15) is 0 Å².